The highest BCUT2D eigenvalue weighted by Gasteiger charge is 2.10. The molecule has 0 aliphatic heterocycles. The molecule has 2 aromatic carbocycles. The van der Waals surface area contributed by atoms with E-state index < -0.39 is 5.97 Å². The van der Waals surface area contributed by atoms with Crippen molar-refractivity contribution in [2.75, 3.05) is 13.2 Å². The van der Waals surface area contributed by atoms with Gasteiger partial charge in [-0.25, -0.2) is 4.79 Å². The van der Waals surface area contributed by atoms with Crippen LogP contribution < -0.4 is 4.74 Å². The summed E-state index contributed by atoms with van der Waals surface area (Å²) in [7, 11) is 0. The second kappa shape index (κ2) is 8.48. The first kappa shape index (κ1) is 17.2. The first-order chi connectivity index (χ1) is 11.1. The average Bonchev–Trinajstić information content (AvgIpc) is 2.59. The van der Waals surface area contributed by atoms with Crippen molar-refractivity contribution in [3.63, 3.8) is 0 Å². The summed E-state index contributed by atoms with van der Waals surface area (Å²) in [4.78, 5) is 23.5. The van der Waals surface area contributed by atoms with E-state index in [-0.39, 0.29) is 19.0 Å². The lowest BCUT2D eigenvalue weighted by molar-refractivity contribution is -0.144. The lowest BCUT2D eigenvalue weighted by Crippen LogP contribution is -2.19. The minimum Gasteiger partial charge on any atom is -0.482 e. The maximum absolute atomic E-state index is 11.9. The number of aryl methyl sites for hydroxylation is 1. The molecule has 5 heteroatoms. The molecule has 0 aliphatic rings. The van der Waals surface area contributed by atoms with Crippen molar-refractivity contribution in [2.24, 2.45) is 0 Å². The molecule has 0 saturated carbocycles. The van der Waals surface area contributed by atoms with Gasteiger partial charge in [0.15, 0.2) is 19.0 Å². The predicted octanol–water partition coefficient (Wildman–Crippen LogP) is 3.82. The van der Waals surface area contributed by atoms with Crippen molar-refractivity contribution in [3.8, 4) is 5.75 Å². The van der Waals surface area contributed by atoms with Gasteiger partial charge in [-0.3, -0.25) is 4.79 Å². The van der Waals surface area contributed by atoms with Crippen molar-refractivity contribution >= 4 is 27.7 Å². The number of hydrogen-bond acceptors (Lipinski definition) is 4. The predicted molar refractivity (Wildman–Crippen MR) is 90.7 cm³/mol. The van der Waals surface area contributed by atoms with Gasteiger partial charge in [-0.15, -0.1) is 0 Å². The summed E-state index contributed by atoms with van der Waals surface area (Å²) in [6, 6.07) is 14.4. The number of ketones is 1. The molecule has 2 aromatic rings. The number of esters is 1. The normalized spacial score (nSPS) is 10.2. The number of Topliss-reactive ketones (excluding diaryl/α,β-unsaturated/α-hetero) is 1. The summed E-state index contributed by atoms with van der Waals surface area (Å²) in [6.07, 6.45) is 0.945. The monoisotopic (exact) mass is 376 g/mol. The highest BCUT2D eigenvalue weighted by molar-refractivity contribution is 9.10. The summed E-state index contributed by atoms with van der Waals surface area (Å²) in [5.74, 6) is -0.230. The van der Waals surface area contributed by atoms with Crippen molar-refractivity contribution in [2.45, 2.75) is 13.3 Å². The van der Waals surface area contributed by atoms with Crippen LogP contribution in [-0.2, 0) is 16.0 Å². The number of ether oxygens (including phenoxy) is 2. The minimum atomic E-state index is -0.574. The van der Waals surface area contributed by atoms with Crippen molar-refractivity contribution in [1.82, 2.24) is 0 Å². The molecular formula is C18H17BrO4. The Morgan fingerprint density at radius 1 is 0.957 bits per heavy atom. The van der Waals surface area contributed by atoms with E-state index in [2.05, 4.69) is 22.9 Å². The third-order valence-electron chi connectivity index (χ3n) is 3.22. The Kier molecular flexibility index (Phi) is 6.35. The van der Waals surface area contributed by atoms with E-state index >= 15 is 0 Å². The number of rotatable bonds is 7. The van der Waals surface area contributed by atoms with E-state index in [9.17, 15) is 9.59 Å². The van der Waals surface area contributed by atoms with E-state index in [1.807, 2.05) is 12.1 Å². The minimum absolute atomic E-state index is 0.223. The smallest absolute Gasteiger partial charge is 0.344 e. The Balaban J connectivity index is 1.76. The average molecular weight is 377 g/mol. The second-order valence-corrected chi connectivity index (χ2v) is 5.79. The number of benzene rings is 2. The van der Waals surface area contributed by atoms with Gasteiger partial charge in [0, 0.05) is 10.0 Å². The van der Waals surface area contributed by atoms with Crippen molar-refractivity contribution in [1.29, 1.82) is 0 Å². The Morgan fingerprint density at radius 2 is 1.61 bits per heavy atom. The zero-order valence-corrected chi connectivity index (χ0v) is 14.3. The molecule has 23 heavy (non-hydrogen) atoms. The molecule has 0 heterocycles. The van der Waals surface area contributed by atoms with Crippen LogP contribution in [0.15, 0.2) is 53.0 Å². The number of halogens is 1. The zero-order valence-electron chi connectivity index (χ0n) is 12.8. The fraction of sp³-hybridized carbons (Fsp3) is 0.222. The summed E-state index contributed by atoms with van der Waals surface area (Å²) >= 11 is 3.30. The van der Waals surface area contributed by atoms with E-state index in [0.717, 1.165) is 10.9 Å². The molecule has 0 aliphatic carbocycles. The molecule has 0 unspecified atom stereocenters. The zero-order chi connectivity index (χ0) is 16.7. The van der Waals surface area contributed by atoms with Crippen LogP contribution in [0.2, 0.25) is 0 Å². The van der Waals surface area contributed by atoms with Gasteiger partial charge < -0.3 is 9.47 Å². The first-order valence-electron chi connectivity index (χ1n) is 7.24. The van der Waals surface area contributed by atoms with E-state index in [1.165, 1.54) is 5.56 Å². The summed E-state index contributed by atoms with van der Waals surface area (Å²) in [6.45, 7) is 1.55. The van der Waals surface area contributed by atoms with Gasteiger partial charge in [0.25, 0.3) is 0 Å². The fourth-order valence-corrected chi connectivity index (χ4v) is 2.13. The second-order valence-electron chi connectivity index (χ2n) is 4.88. The van der Waals surface area contributed by atoms with Gasteiger partial charge in [-0.1, -0.05) is 47.1 Å². The quantitative estimate of drug-likeness (QED) is 0.544. The lowest BCUT2D eigenvalue weighted by atomic mass is 10.1. The number of hydrogen-bond donors (Lipinski definition) is 0. The standard InChI is InChI=1S/C18H17BrO4/c1-2-13-3-9-16(10-4-13)22-12-18(21)23-11-17(20)14-5-7-15(19)8-6-14/h3-10H,2,11-12H2,1H3. The maximum Gasteiger partial charge on any atom is 0.344 e. The fourth-order valence-electron chi connectivity index (χ4n) is 1.87. The largest absolute Gasteiger partial charge is 0.482 e. The van der Waals surface area contributed by atoms with E-state index in [1.54, 1.807) is 36.4 Å². The third kappa shape index (κ3) is 5.53. The highest BCUT2D eigenvalue weighted by atomic mass is 79.9. The lowest BCUT2D eigenvalue weighted by Gasteiger charge is -2.07. The van der Waals surface area contributed by atoms with Crippen LogP contribution in [-0.4, -0.2) is 25.0 Å². The molecule has 0 spiro atoms. The highest BCUT2D eigenvalue weighted by Crippen LogP contribution is 2.13. The molecular weight excluding hydrogens is 360 g/mol. The Morgan fingerprint density at radius 3 is 2.22 bits per heavy atom. The van der Waals surface area contributed by atoms with E-state index in [4.69, 9.17) is 9.47 Å². The summed E-state index contributed by atoms with van der Waals surface area (Å²) in [5.41, 5.74) is 1.69. The van der Waals surface area contributed by atoms with Gasteiger partial charge in [0.1, 0.15) is 5.75 Å². The van der Waals surface area contributed by atoms with Crippen molar-refractivity contribution < 1.29 is 19.1 Å². The van der Waals surface area contributed by atoms with Gasteiger partial charge >= 0.3 is 5.97 Å². The third-order valence-corrected chi connectivity index (χ3v) is 3.75. The molecule has 0 atom stereocenters. The Bertz CT molecular complexity index is 662. The van der Waals surface area contributed by atoms with Crippen LogP contribution >= 0.6 is 15.9 Å². The molecule has 0 amide bonds. The van der Waals surface area contributed by atoms with Crippen LogP contribution in [0.1, 0.15) is 22.8 Å². The van der Waals surface area contributed by atoms with Gasteiger partial charge in [0.2, 0.25) is 0 Å². The number of carbonyl (C=O) groups excluding carboxylic acids is 2. The summed E-state index contributed by atoms with van der Waals surface area (Å²) < 4.78 is 11.1. The number of carbonyl (C=O) groups is 2. The molecule has 2 rings (SSSR count). The SMILES string of the molecule is CCc1ccc(OCC(=O)OCC(=O)c2ccc(Br)cc2)cc1. The molecule has 4 nitrogen and oxygen atoms in total. The first-order valence-corrected chi connectivity index (χ1v) is 8.04. The van der Waals surface area contributed by atoms with Gasteiger partial charge in [-0.2, -0.15) is 0 Å². The molecule has 120 valence electrons. The van der Waals surface area contributed by atoms with Crippen LogP contribution in [0.3, 0.4) is 0 Å². The Labute approximate surface area is 143 Å². The van der Waals surface area contributed by atoms with Crippen LogP contribution in [0, 0.1) is 0 Å². The molecule has 0 bridgehead atoms. The molecule has 0 fully saturated rings. The topological polar surface area (TPSA) is 52.6 Å². The Hall–Kier alpha value is -2.14. The molecule has 0 aromatic heterocycles. The van der Waals surface area contributed by atoms with Gasteiger partial charge in [0.05, 0.1) is 0 Å². The van der Waals surface area contributed by atoms with Crippen molar-refractivity contribution in [3.05, 3.63) is 64.1 Å². The summed E-state index contributed by atoms with van der Waals surface area (Å²) in [5, 5.41) is 0. The molecule has 0 radical (unpaired) electrons. The van der Waals surface area contributed by atoms with E-state index in [0.29, 0.717) is 11.3 Å². The van der Waals surface area contributed by atoms with Gasteiger partial charge in [-0.05, 0) is 36.2 Å². The molecule has 0 N–H and O–H groups in total. The van der Waals surface area contributed by atoms with Crippen LogP contribution in [0.4, 0.5) is 0 Å². The van der Waals surface area contributed by atoms with Crippen LogP contribution in [0.5, 0.6) is 5.75 Å². The molecule has 0 saturated heterocycles. The van der Waals surface area contributed by atoms with Crippen LogP contribution in [0.25, 0.3) is 0 Å². The maximum atomic E-state index is 11.9.